The number of anilines is 1. The van der Waals surface area contributed by atoms with Gasteiger partial charge in [0.1, 0.15) is 23.4 Å². The zero-order valence-electron chi connectivity index (χ0n) is 22.6. The molecule has 0 saturated heterocycles. The molecule has 0 N–H and O–H groups in total. The van der Waals surface area contributed by atoms with Crippen LogP contribution in [0.3, 0.4) is 0 Å². The topological polar surface area (TPSA) is 83.5 Å². The van der Waals surface area contributed by atoms with Gasteiger partial charge in [0.2, 0.25) is 0 Å². The van der Waals surface area contributed by atoms with Gasteiger partial charge in [-0.05, 0) is 103 Å². The molecule has 0 aliphatic rings. The van der Waals surface area contributed by atoms with Gasteiger partial charge in [0, 0.05) is 5.56 Å². The molecule has 0 aromatic heterocycles. The van der Waals surface area contributed by atoms with Crippen LogP contribution < -0.4 is 14.4 Å². The summed E-state index contributed by atoms with van der Waals surface area (Å²) < 4.78 is 42.6. The van der Waals surface area contributed by atoms with Crippen molar-refractivity contribution < 1.29 is 32.6 Å². The third kappa shape index (κ3) is 8.99. The summed E-state index contributed by atoms with van der Waals surface area (Å²) in [5.74, 6) is 2.16. The van der Waals surface area contributed by atoms with Gasteiger partial charge in [-0.15, -0.1) is 0 Å². The van der Waals surface area contributed by atoms with Crippen molar-refractivity contribution in [2.24, 2.45) is 0 Å². The summed E-state index contributed by atoms with van der Waals surface area (Å²) in [5, 5.41) is 0. The lowest BCUT2D eigenvalue weighted by Gasteiger charge is -2.30. The number of benzene rings is 2. The highest BCUT2D eigenvalue weighted by atomic mass is 79.9. The van der Waals surface area contributed by atoms with E-state index in [4.69, 9.17) is 23.3 Å². The van der Waals surface area contributed by atoms with E-state index in [2.05, 4.69) is 45.7 Å². The van der Waals surface area contributed by atoms with Gasteiger partial charge in [0.05, 0.1) is 35.0 Å². The number of hydrogen-bond acceptors (Lipinski definition) is 7. The molecular formula is C26H36Br2NO7P. The number of carbonyl (C=O) groups is 1. The van der Waals surface area contributed by atoms with Gasteiger partial charge < -0.3 is 23.3 Å². The second-order valence-electron chi connectivity index (χ2n) is 9.40. The lowest BCUT2D eigenvalue weighted by atomic mass is 10.0. The Balaban J connectivity index is 2.49. The van der Waals surface area contributed by atoms with Crippen molar-refractivity contribution in [1.29, 1.82) is 0 Å². The number of rotatable bonds is 11. The van der Waals surface area contributed by atoms with Gasteiger partial charge >= 0.3 is 13.7 Å². The molecule has 0 atom stereocenters. The zero-order chi connectivity index (χ0) is 28.0. The van der Waals surface area contributed by atoms with E-state index in [-0.39, 0.29) is 25.4 Å². The summed E-state index contributed by atoms with van der Waals surface area (Å²) in [5.41, 5.74) is 0.663. The summed E-state index contributed by atoms with van der Waals surface area (Å²) >= 11 is 7.12. The van der Waals surface area contributed by atoms with Crippen LogP contribution >= 0.6 is 39.5 Å². The van der Waals surface area contributed by atoms with E-state index in [1.807, 2.05) is 18.2 Å². The van der Waals surface area contributed by atoms with Crippen LogP contribution in [0.1, 0.15) is 59.9 Å². The van der Waals surface area contributed by atoms with Crippen molar-refractivity contribution in [2.75, 3.05) is 31.5 Å². The number of nitrogens with zero attached hydrogens (tertiary/aromatic N) is 1. The fourth-order valence-electron chi connectivity index (χ4n) is 3.39. The van der Waals surface area contributed by atoms with Crippen molar-refractivity contribution in [3.8, 4) is 17.2 Å². The van der Waals surface area contributed by atoms with Gasteiger partial charge in [-0.25, -0.2) is 4.79 Å². The highest BCUT2D eigenvalue weighted by Crippen LogP contribution is 2.50. The molecule has 206 valence electrons. The van der Waals surface area contributed by atoms with Crippen LogP contribution in [-0.2, 0) is 18.3 Å². The van der Waals surface area contributed by atoms with Crippen LogP contribution in [0.4, 0.5) is 10.5 Å². The first-order chi connectivity index (χ1) is 17.2. The predicted molar refractivity (Wildman–Crippen MR) is 153 cm³/mol. The Bertz CT molecular complexity index is 1100. The number of methoxy groups -OCH3 is 1. The van der Waals surface area contributed by atoms with E-state index >= 15 is 0 Å². The first-order valence-electron chi connectivity index (χ1n) is 12.0. The normalized spacial score (nSPS) is 12.0. The summed E-state index contributed by atoms with van der Waals surface area (Å²) in [7, 11) is -1.99. The van der Waals surface area contributed by atoms with Crippen molar-refractivity contribution in [3.63, 3.8) is 0 Å². The van der Waals surface area contributed by atoms with Crippen molar-refractivity contribution >= 4 is 51.2 Å². The van der Waals surface area contributed by atoms with Gasteiger partial charge in [-0.3, -0.25) is 9.46 Å². The molecule has 1 amide bonds. The Labute approximate surface area is 236 Å². The van der Waals surface area contributed by atoms with Gasteiger partial charge in [-0.1, -0.05) is 13.8 Å². The lowest BCUT2D eigenvalue weighted by Crippen LogP contribution is -2.38. The van der Waals surface area contributed by atoms with Gasteiger partial charge in [0.25, 0.3) is 0 Å². The fraction of sp³-hybridized carbons (Fsp3) is 0.500. The lowest BCUT2D eigenvalue weighted by molar-refractivity contribution is 0.0581. The highest BCUT2D eigenvalue weighted by molar-refractivity contribution is 9.11. The summed E-state index contributed by atoms with van der Waals surface area (Å²) in [4.78, 5) is 14.5. The second kappa shape index (κ2) is 13.5. The predicted octanol–water partition coefficient (Wildman–Crippen LogP) is 9.10. The smallest absolute Gasteiger partial charge is 0.415 e. The minimum absolute atomic E-state index is 0.166. The minimum Gasteiger partial charge on any atom is -0.496 e. The minimum atomic E-state index is -3.63. The number of hydrogen-bond donors (Lipinski definition) is 0. The van der Waals surface area contributed by atoms with Crippen LogP contribution in [-0.4, -0.2) is 38.3 Å². The molecule has 0 aliphatic heterocycles. The van der Waals surface area contributed by atoms with Crippen molar-refractivity contribution in [3.05, 3.63) is 44.8 Å². The molecule has 0 unspecified atom stereocenters. The number of carbonyl (C=O) groups excluding carboxylic acids is 1. The van der Waals surface area contributed by atoms with Crippen molar-refractivity contribution in [1.82, 2.24) is 0 Å². The molecule has 0 saturated carbocycles. The Morgan fingerprint density at radius 1 is 1.03 bits per heavy atom. The molecule has 2 aromatic carbocycles. The molecule has 0 heterocycles. The SMILES string of the molecule is CCOP(=O)(CN(C(=O)OC(C)(C)C)c1cc(Br)c(Oc2ccc(OC)c(C(C)C)c2)c(Br)c1)OCC. The summed E-state index contributed by atoms with van der Waals surface area (Å²) in [6.07, 6.45) is -1.00. The summed E-state index contributed by atoms with van der Waals surface area (Å²) in [6.45, 7) is 13.2. The first-order valence-corrected chi connectivity index (χ1v) is 15.3. The Morgan fingerprint density at radius 2 is 1.59 bits per heavy atom. The van der Waals surface area contributed by atoms with Crippen LogP contribution in [0.2, 0.25) is 0 Å². The molecule has 0 radical (unpaired) electrons. The number of halogens is 2. The van der Waals surface area contributed by atoms with E-state index < -0.39 is 19.3 Å². The maximum Gasteiger partial charge on any atom is 0.415 e. The molecule has 37 heavy (non-hydrogen) atoms. The van der Waals surface area contributed by atoms with Gasteiger partial charge in [0.15, 0.2) is 5.75 Å². The summed E-state index contributed by atoms with van der Waals surface area (Å²) in [6, 6.07) is 9.01. The molecule has 2 aromatic rings. The fourth-order valence-corrected chi connectivity index (χ4v) is 6.37. The second-order valence-corrected chi connectivity index (χ2v) is 13.1. The number of amides is 1. The third-order valence-corrected chi connectivity index (χ3v) is 8.03. The first kappa shape index (κ1) is 31.6. The van der Waals surface area contributed by atoms with Crippen LogP contribution in [0.15, 0.2) is 39.3 Å². The van der Waals surface area contributed by atoms with E-state index in [0.29, 0.717) is 26.1 Å². The van der Waals surface area contributed by atoms with E-state index in [1.54, 1.807) is 53.9 Å². The zero-order valence-corrected chi connectivity index (χ0v) is 26.7. The highest BCUT2D eigenvalue weighted by Gasteiger charge is 2.34. The van der Waals surface area contributed by atoms with Crippen LogP contribution in [0.25, 0.3) is 0 Å². The molecule has 0 bridgehead atoms. The average molecular weight is 665 g/mol. The maximum atomic E-state index is 13.3. The van der Waals surface area contributed by atoms with Crippen molar-refractivity contribution in [2.45, 2.75) is 60.0 Å². The largest absolute Gasteiger partial charge is 0.496 e. The standard InChI is InChI=1S/C26H36Br2NO7P/c1-9-33-37(31,34-10-2)16-29(25(30)36-26(5,6)7)18-13-21(27)24(22(28)14-18)35-19-11-12-23(32-8)20(15-19)17(3)4/h11-15,17H,9-10,16H2,1-8H3. The maximum absolute atomic E-state index is 13.3. The molecule has 11 heteroatoms. The van der Waals surface area contributed by atoms with E-state index in [9.17, 15) is 9.36 Å². The van der Waals surface area contributed by atoms with Crippen LogP contribution in [0, 0.1) is 0 Å². The van der Waals surface area contributed by atoms with E-state index in [1.165, 1.54) is 4.90 Å². The Morgan fingerprint density at radius 3 is 2.05 bits per heavy atom. The molecule has 0 aliphatic carbocycles. The van der Waals surface area contributed by atoms with E-state index in [0.717, 1.165) is 11.3 Å². The number of ether oxygens (including phenoxy) is 3. The molecule has 8 nitrogen and oxygen atoms in total. The van der Waals surface area contributed by atoms with Gasteiger partial charge in [-0.2, -0.15) is 0 Å². The molecular weight excluding hydrogens is 629 g/mol. The average Bonchev–Trinajstić information content (AvgIpc) is 2.78. The quantitative estimate of drug-likeness (QED) is 0.222. The monoisotopic (exact) mass is 663 g/mol. The third-order valence-electron chi connectivity index (χ3n) is 4.92. The molecule has 0 fully saturated rings. The Kier molecular flexibility index (Phi) is 11.5. The molecule has 2 rings (SSSR count). The Hall–Kier alpha value is -1.58. The van der Waals surface area contributed by atoms with Crippen LogP contribution in [0.5, 0.6) is 17.2 Å². The molecule has 0 spiro atoms.